The van der Waals surface area contributed by atoms with Crippen LogP contribution in [0.25, 0.3) is 0 Å². The van der Waals surface area contributed by atoms with Gasteiger partial charge in [-0.25, -0.2) is 4.39 Å². The molecule has 3 aromatic carbocycles. The Morgan fingerprint density at radius 3 is 2.58 bits per heavy atom. The van der Waals surface area contributed by atoms with E-state index in [1.807, 2.05) is 64.1 Å². The second-order valence-electron chi connectivity index (χ2n) is 11.4. The molecule has 0 spiro atoms. The van der Waals surface area contributed by atoms with Crippen molar-refractivity contribution in [3.63, 3.8) is 0 Å². The number of carbonyl (C=O) groups excluding carboxylic acids is 1. The zero-order chi connectivity index (χ0) is 28.7. The van der Waals surface area contributed by atoms with Crippen molar-refractivity contribution in [1.82, 2.24) is 0 Å². The first-order chi connectivity index (χ1) is 19.1. The van der Waals surface area contributed by atoms with E-state index in [1.54, 1.807) is 6.07 Å². The molecule has 0 saturated heterocycles. The van der Waals surface area contributed by atoms with Crippen LogP contribution in [0.5, 0.6) is 17.2 Å². The van der Waals surface area contributed by atoms with Gasteiger partial charge in [0.25, 0.3) is 0 Å². The minimum Gasteiger partial charge on any atom is -0.492 e. The van der Waals surface area contributed by atoms with Crippen molar-refractivity contribution < 1.29 is 28.1 Å². The van der Waals surface area contributed by atoms with Crippen LogP contribution in [-0.4, -0.2) is 26.3 Å². The molecule has 208 valence electrons. The number of hydrogen-bond acceptors (Lipinski definition) is 6. The standard InChI is InChI=1S/C33H34FNO5/c1-20-13-25(39-19-32(3,4)18-35)14-21(2)30(20)33(12-11-22-7-6-8-27(34)31(22)33)40-24-9-10-26-23(15-29(36)37-5)17-38-28(26)16-24/h6-10,13-14,16,23H,11-12,15,17,19H2,1-5H3/t23-,33-/m1/s1. The van der Waals surface area contributed by atoms with E-state index in [2.05, 4.69) is 6.07 Å². The Labute approximate surface area is 234 Å². The van der Waals surface area contributed by atoms with E-state index in [0.29, 0.717) is 42.3 Å². The third-order valence-corrected chi connectivity index (χ3v) is 7.86. The fraction of sp³-hybridized carbons (Fsp3) is 0.394. The number of aryl methyl sites for hydroxylation is 3. The summed E-state index contributed by atoms with van der Waals surface area (Å²) in [4.78, 5) is 11.9. The zero-order valence-corrected chi connectivity index (χ0v) is 23.6. The number of halogens is 1. The Hall–Kier alpha value is -4.05. The Kier molecular flexibility index (Phi) is 7.22. The number of esters is 1. The topological polar surface area (TPSA) is 77.8 Å². The van der Waals surface area contributed by atoms with Gasteiger partial charge in [0.15, 0.2) is 5.60 Å². The van der Waals surface area contributed by atoms with Crippen LogP contribution < -0.4 is 14.2 Å². The fourth-order valence-corrected chi connectivity index (χ4v) is 5.98. The minimum atomic E-state index is -1.06. The van der Waals surface area contributed by atoms with E-state index in [1.165, 1.54) is 13.2 Å². The third-order valence-electron chi connectivity index (χ3n) is 7.86. The van der Waals surface area contributed by atoms with Crippen molar-refractivity contribution in [2.45, 2.75) is 58.5 Å². The minimum absolute atomic E-state index is 0.0850. The summed E-state index contributed by atoms with van der Waals surface area (Å²) >= 11 is 0. The normalized spacial score (nSPS) is 19.3. The monoisotopic (exact) mass is 543 g/mol. The summed E-state index contributed by atoms with van der Waals surface area (Å²) in [6, 6.07) is 16.9. The van der Waals surface area contributed by atoms with Crippen LogP contribution in [0, 0.1) is 36.4 Å². The number of benzene rings is 3. The lowest BCUT2D eigenvalue weighted by molar-refractivity contribution is -0.141. The fourth-order valence-electron chi connectivity index (χ4n) is 5.98. The van der Waals surface area contributed by atoms with Gasteiger partial charge in [-0.2, -0.15) is 5.26 Å². The largest absolute Gasteiger partial charge is 0.492 e. The number of hydrogen-bond donors (Lipinski definition) is 0. The van der Waals surface area contributed by atoms with Crippen LogP contribution in [0.1, 0.15) is 66.0 Å². The van der Waals surface area contributed by atoms with E-state index >= 15 is 4.39 Å². The molecule has 7 heteroatoms. The van der Waals surface area contributed by atoms with Gasteiger partial charge in [0.2, 0.25) is 0 Å². The first kappa shape index (κ1) is 27.5. The molecule has 0 bridgehead atoms. The number of rotatable bonds is 8. The van der Waals surface area contributed by atoms with Gasteiger partial charge in [-0.3, -0.25) is 4.79 Å². The summed E-state index contributed by atoms with van der Waals surface area (Å²) in [6.45, 7) is 8.28. The summed E-state index contributed by atoms with van der Waals surface area (Å²) in [7, 11) is 1.38. The molecule has 0 N–H and O–H groups in total. The van der Waals surface area contributed by atoms with Crippen molar-refractivity contribution in [3.8, 4) is 23.3 Å². The highest BCUT2D eigenvalue weighted by molar-refractivity contribution is 5.71. The Bertz CT molecular complexity index is 1480. The summed E-state index contributed by atoms with van der Waals surface area (Å²) in [5.41, 5.74) is 3.44. The van der Waals surface area contributed by atoms with Crippen molar-refractivity contribution in [1.29, 1.82) is 5.26 Å². The van der Waals surface area contributed by atoms with Gasteiger partial charge in [-0.15, -0.1) is 0 Å². The number of carbonyl (C=O) groups is 1. The van der Waals surface area contributed by atoms with Gasteiger partial charge < -0.3 is 18.9 Å². The van der Waals surface area contributed by atoms with Gasteiger partial charge in [-0.05, 0) is 81.5 Å². The number of methoxy groups -OCH3 is 1. The molecular formula is C33H34FNO5. The van der Waals surface area contributed by atoms with Gasteiger partial charge in [0.05, 0.1) is 31.6 Å². The molecule has 2 aliphatic rings. The highest BCUT2D eigenvalue weighted by atomic mass is 19.1. The molecule has 0 fully saturated rings. The quantitative estimate of drug-likeness (QED) is 0.295. The maximum Gasteiger partial charge on any atom is 0.306 e. The molecule has 3 aromatic rings. The summed E-state index contributed by atoms with van der Waals surface area (Å²) in [6.07, 6.45) is 1.48. The molecule has 1 aliphatic heterocycles. The van der Waals surface area contributed by atoms with Crippen molar-refractivity contribution in [2.24, 2.45) is 5.41 Å². The molecule has 2 atom stereocenters. The lowest BCUT2D eigenvalue weighted by Crippen LogP contribution is -2.35. The van der Waals surface area contributed by atoms with Crippen LogP contribution in [0.3, 0.4) is 0 Å². The SMILES string of the molecule is COC(=O)C[C@@H]1COc2cc(O[C@@]3(c4c(C)cc(OCC(C)(C)C#N)cc4C)CCc4cccc(F)c43)ccc21. The molecular weight excluding hydrogens is 509 g/mol. The van der Waals surface area contributed by atoms with E-state index in [9.17, 15) is 10.1 Å². The maximum atomic E-state index is 15.6. The molecule has 6 nitrogen and oxygen atoms in total. The molecule has 1 aliphatic carbocycles. The highest BCUT2D eigenvalue weighted by Crippen LogP contribution is 2.50. The van der Waals surface area contributed by atoms with Gasteiger partial charge >= 0.3 is 5.97 Å². The van der Waals surface area contributed by atoms with E-state index < -0.39 is 11.0 Å². The van der Waals surface area contributed by atoms with E-state index in [0.717, 1.165) is 27.8 Å². The van der Waals surface area contributed by atoms with E-state index in [4.69, 9.17) is 18.9 Å². The van der Waals surface area contributed by atoms with Gasteiger partial charge in [-0.1, -0.05) is 18.2 Å². The van der Waals surface area contributed by atoms with Gasteiger partial charge in [0.1, 0.15) is 29.7 Å². The van der Waals surface area contributed by atoms with Crippen molar-refractivity contribution in [2.75, 3.05) is 20.3 Å². The van der Waals surface area contributed by atoms with Crippen LogP contribution in [0.2, 0.25) is 0 Å². The molecule has 0 aromatic heterocycles. The first-order valence-electron chi connectivity index (χ1n) is 13.5. The van der Waals surface area contributed by atoms with Crippen LogP contribution >= 0.6 is 0 Å². The molecule has 0 saturated carbocycles. The number of nitrogens with zero attached hydrogens (tertiary/aromatic N) is 1. The lowest BCUT2D eigenvalue weighted by Gasteiger charge is -2.35. The smallest absolute Gasteiger partial charge is 0.306 e. The molecule has 0 radical (unpaired) electrons. The molecule has 0 unspecified atom stereocenters. The number of ether oxygens (including phenoxy) is 4. The molecule has 1 heterocycles. The third kappa shape index (κ3) is 4.99. The molecule has 40 heavy (non-hydrogen) atoms. The van der Waals surface area contributed by atoms with E-state index in [-0.39, 0.29) is 30.7 Å². The zero-order valence-electron chi connectivity index (χ0n) is 23.6. The summed E-state index contributed by atoms with van der Waals surface area (Å²) in [5, 5.41) is 9.37. The maximum absolute atomic E-state index is 15.6. The lowest BCUT2D eigenvalue weighted by atomic mass is 9.81. The Balaban J connectivity index is 1.55. The second-order valence-corrected chi connectivity index (χ2v) is 11.4. The predicted molar refractivity (Wildman–Crippen MR) is 148 cm³/mol. The summed E-state index contributed by atoms with van der Waals surface area (Å²) in [5.74, 6) is 1.20. The number of fused-ring (bicyclic) bond motifs is 2. The predicted octanol–water partition coefficient (Wildman–Crippen LogP) is 6.68. The van der Waals surface area contributed by atoms with Crippen molar-refractivity contribution >= 4 is 5.97 Å². The number of nitriles is 1. The van der Waals surface area contributed by atoms with Crippen LogP contribution in [-0.2, 0) is 21.6 Å². The van der Waals surface area contributed by atoms with Gasteiger partial charge in [0, 0.05) is 28.7 Å². The molecule has 5 rings (SSSR count). The highest BCUT2D eigenvalue weighted by Gasteiger charge is 2.47. The average Bonchev–Trinajstić information content (AvgIpc) is 3.49. The first-order valence-corrected chi connectivity index (χ1v) is 13.5. The van der Waals surface area contributed by atoms with Crippen molar-refractivity contribution in [3.05, 3.63) is 87.7 Å². The Morgan fingerprint density at radius 1 is 1.12 bits per heavy atom. The Morgan fingerprint density at radius 2 is 1.88 bits per heavy atom. The van der Waals surface area contributed by atoms with Crippen LogP contribution in [0.4, 0.5) is 4.39 Å². The second kappa shape index (κ2) is 10.5. The van der Waals surface area contributed by atoms with Crippen LogP contribution in [0.15, 0.2) is 48.5 Å². The summed E-state index contributed by atoms with van der Waals surface area (Å²) < 4.78 is 39.2. The average molecular weight is 544 g/mol. The molecule has 0 amide bonds.